The van der Waals surface area contributed by atoms with E-state index in [1.807, 2.05) is 0 Å². The van der Waals surface area contributed by atoms with Crippen molar-refractivity contribution in [1.82, 2.24) is 4.98 Å². The minimum Gasteiger partial charge on any atom is -0.502 e. The maximum absolute atomic E-state index is 13.5. The average Bonchev–Trinajstić information content (AvgIpc) is 3.33. The lowest BCUT2D eigenvalue weighted by Crippen LogP contribution is -2.30. The fourth-order valence-electron chi connectivity index (χ4n) is 3.30. The number of amides is 1. The zero-order valence-corrected chi connectivity index (χ0v) is 18.7. The maximum atomic E-state index is 13.5. The third-order valence-corrected chi connectivity index (χ3v) is 7.92. The van der Waals surface area contributed by atoms with Gasteiger partial charge in [0.25, 0.3) is 5.91 Å². The van der Waals surface area contributed by atoms with Gasteiger partial charge in [-0.1, -0.05) is 41.4 Å². The molecule has 0 unspecified atom stereocenters. The van der Waals surface area contributed by atoms with Gasteiger partial charge in [0, 0.05) is 5.02 Å². The van der Waals surface area contributed by atoms with E-state index in [2.05, 4.69) is 4.98 Å². The molecule has 0 aliphatic carbocycles. The summed E-state index contributed by atoms with van der Waals surface area (Å²) in [6.07, 6.45) is 0.968. The van der Waals surface area contributed by atoms with Crippen LogP contribution in [0.15, 0.2) is 70.3 Å². The minimum atomic E-state index is -4.32. The Morgan fingerprint density at radius 1 is 1.16 bits per heavy atom. The molecule has 32 heavy (non-hydrogen) atoms. The van der Waals surface area contributed by atoms with Gasteiger partial charge in [-0.15, -0.1) is 0 Å². The Kier molecular flexibility index (Phi) is 5.49. The van der Waals surface area contributed by atoms with E-state index in [1.165, 1.54) is 36.4 Å². The Morgan fingerprint density at radius 3 is 2.34 bits per heavy atom. The molecule has 1 N–H and O–H groups in total. The summed E-state index contributed by atoms with van der Waals surface area (Å²) in [5.74, 6) is -2.00. The number of benzene rings is 2. The molecule has 0 saturated heterocycles. The van der Waals surface area contributed by atoms with Crippen molar-refractivity contribution in [1.29, 1.82) is 0 Å². The molecule has 0 spiro atoms. The van der Waals surface area contributed by atoms with Crippen molar-refractivity contribution in [3.8, 4) is 0 Å². The number of carbonyl (C=O) groups is 1. The number of aliphatic hydroxyl groups is 1. The van der Waals surface area contributed by atoms with Gasteiger partial charge in [0.15, 0.2) is 10.9 Å². The first-order valence-electron chi connectivity index (χ1n) is 9.05. The number of anilines is 1. The molecular formula is C20H14ClN3O6S2. The lowest BCUT2D eigenvalue weighted by molar-refractivity contribution is -0.380. The third kappa shape index (κ3) is 3.64. The molecule has 1 aliphatic heterocycles. The van der Waals surface area contributed by atoms with Crippen molar-refractivity contribution >= 4 is 48.8 Å². The number of halogens is 1. The van der Waals surface area contributed by atoms with E-state index in [0.717, 1.165) is 16.7 Å². The van der Waals surface area contributed by atoms with Gasteiger partial charge in [-0.05, 0) is 48.1 Å². The molecule has 164 valence electrons. The van der Waals surface area contributed by atoms with Gasteiger partial charge in [0.05, 0.1) is 9.82 Å². The number of sulfone groups is 1. The maximum Gasteiger partial charge on any atom is 0.345 e. The van der Waals surface area contributed by atoms with Gasteiger partial charge in [-0.25, -0.2) is 13.4 Å². The van der Waals surface area contributed by atoms with Gasteiger partial charge >= 0.3 is 5.00 Å². The van der Waals surface area contributed by atoms with Crippen LogP contribution in [0.4, 0.5) is 10.1 Å². The highest BCUT2D eigenvalue weighted by Gasteiger charge is 2.49. The van der Waals surface area contributed by atoms with Gasteiger partial charge in [-0.3, -0.25) is 19.8 Å². The fraction of sp³-hybridized carbons (Fsp3) is 0.100. The Morgan fingerprint density at radius 2 is 1.78 bits per heavy atom. The zero-order valence-electron chi connectivity index (χ0n) is 16.3. The summed E-state index contributed by atoms with van der Waals surface area (Å²) in [6.45, 7) is 1.79. The SMILES string of the molecule is Cc1ccc(S(=O)(=O)C2=C(O)C(=O)N(c3ncc([N+](=O)[O-])s3)[C@@H]2c2ccc(Cl)cc2)cc1. The van der Waals surface area contributed by atoms with Gasteiger partial charge < -0.3 is 5.11 Å². The normalized spacial score (nSPS) is 16.6. The summed E-state index contributed by atoms with van der Waals surface area (Å²) in [7, 11) is -4.32. The van der Waals surface area contributed by atoms with E-state index in [4.69, 9.17) is 11.6 Å². The number of aliphatic hydroxyl groups excluding tert-OH is 1. The van der Waals surface area contributed by atoms with Crippen LogP contribution in [-0.4, -0.2) is 29.3 Å². The monoisotopic (exact) mass is 491 g/mol. The first kappa shape index (κ1) is 21.9. The van der Waals surface area contributed by atoms with E-state index in [0.29, 0.717) is 21.9 Å². The fourth-order valence-corrected chi connectivity index (χ4v) is 5.81. The highest BCUT2D eigenvalue weighted by atomic mass is 35.5. The summed E-state index contributed by atoms with van der Waals surface area (Å²) < 4.78 is 27.0. The summed E-state index contributed by atoms with van der Waals surface area (Å²) >= 11 is 6.55. The molecule has 2 heterocycles. The lowest BCUT2D eigenvalue weighted by Gasteiger charge is -2.24. The molecule has 12 heteroatoms. The van der Waals surface area contributed by atoms with Gasteiger partial charge in [0.1, 0.15) is 17.1 Å². The van der Waals surface area contributed by atoms with Crippen molar-refractivity contribution in [2.45, 2.75) is 17.9 Å². The first-order chi connectivity index (χ1) is 15.1. The van der Waals surface area contributed by atoms with Gasteiger partial charge in [-0.2, -0.15) is 0 Å². The third-order valence-electron chi connectivity index (χ3n) is 4.84. The van der Waals surface area contributed by atoms with Crippen LogP contribution in [0.25, 0.3) is 0 Å². The Labute approximate surface area is 191 Å². The molecule has 0 fully saturated rings. The molecule has 0 radical (unpaired) electrons. The van der Waals surface area contributed by atoms with Crippen molar-refractivity contribution in [3.05, 3.63) is 91.7 Å². The number of hydrogen-bond donors (Lipinski definition) is 1. The molecule has 1 aliphatic rings. The van der Waals surface area contributed by atoms with Crippen LogP contribution < -0.4 is 4.90 Å². The topological polar surface area (TPSA) is 131 Å². The molecular weight excluding hydrogens is 478 g/mol. The standard InChI is InChI=1S/C20H14ClN3O6S2/c1-11-2-8-14(9-3-11)32(29,30)18-16(12-4-6-13(21)7-5-12)23(19(26)17(18)25)20-22-10-15(31-20)24(27)28/h2-10,16,25H,1H3/t16-/m1/s1. The van der Waals surface area contributed by atoms with Crippen molar-refractivity contribution in [2.75, 3.05) is 4.90 Å². The number of aryl methyl sites for hydroxylation is 1. The number of carbonyl (C=O) groups excluding carboxylic acids is 1. The molecule has 1 atom stereocenters. The van der Waals surface area contributed by atoms with E-state index >= 15 is 0 Å². The Hall–Kier alpha value is -3.28. The van der Waals surface area contributed by atoms with Crippen LogP contribution in [0.2, 0.25) is 5.02 Å². The van der Waals surface area contributed by atoms with Crippen molar-refractivity contribution < 1.29 is 23.2 Å². The van der Waals surface area contributed by atoms with Crippen LogP contribution >= 0.6 is 22.9 Å². The molecule has 1 aromatic heterocycles. The number of rotatable bonds is 5. The zero-order chi connectivity index (χ0) is 23.2. The van der Waals surface area contributed by atoms with Crippen LogP contribution in [0.3, 0.4) is 0 Å². The van der Waals surface area contributed by atoms with Crippen LogP contribution in [0.5, 0.6) is 0 Å². The highest BCUT2D eigenvalue weighted by molar-refractivity contribution is 7.95. The summed E-state index contributed by atoms with van der Waals surface area (Å²) in [6, 6.07) is 10.7. The molecule has 4 rings (SSSR count). The predicted molar refractivity (Wildman–Crippen MR) is 118 cm³/mol. The second-order valence-corrected chi connectivity index (χ2v) is 10.2. The number of thiazole rings is 1. The minimum absolute atomic E-state index is 0.108. The smallest absolute Gasteiger partial charge is 0.345 e. The Bertz CT molecular complexity index is 1370. The lowest BCUT2D eigenvalue weighted by atomic mass is 10.1. The van der Waals surface area contributed by atoms with Gasteiger partial charge in [0.2, 0.25) is 9.84 Å². The van der Waals surface area contributed by atoms with E-state index in [9.17, 15) is 28.4 Å². The molecule has 0 bridgehead atoms. The van der Waals surface area contributed by atoms with Crippen molar-refractivity contribution in [3.63, 3.8) is 0 Å². The number of hydrogen-bond acceptors (Lipinski definition) is 8. The molecule has 1 amide bonds. The van der Waals surface area contributed by atoms with Crippen molar-refractivity contribution in [2.24, 2.45) is 0 Å². The highest BCUT2D eigenvalue weighted by Crippen LogP contribution is 2.46. The average molecular weight is 492 g/mol. The quantitative estimate of drug-likeness (QED) is 0.414. The summed E-state index contributed by atoms with van der Waals surface area (Å²) in [5, 5.41) is 21.7. The second kappa shape index (κ2) is 8.01. The number of nitro groups is 1. The first-order valence-corrected chi connectivity index (χ1v) is 11.7. The van der Waals surface area contributed by atoms with Crippen LogP contribution in [0.1, 0.15) is 17.2 Å². The second-order valence-electron chi connectivity index (χ2n) is 6.90. The van der Waals surface area contributed by atoms with E-state index < -0.39 is 37.4 Å². The number of nitrogens with zero attached hydrogens (tertiary/aromatic N) is 3. The number of aromatic nitrogens is 1. The van der Waals surface area contributed by atoms with Crippen LogP contribution in [-0.2, 0) is 14.6 Å². The van der Waals surface area contributed by atoms with Crippen LogP contribution in [0, 0.1) is 17.0 Å². The molecule has 2 aromatic carbocycles. The largest absolute Gasteiger partial charge is 0.502 e. The molecule has 9 nitrogen and oxygen atoms in total. The van der Waals surface area contributed by atoms with E-state index in [1.54, 1.807) is 19.1 Å². The Balaban J connectivity index is 1.92. The predicted octanol–water partition coefficient (Wildman–Crippen LogP) is 4.34. The summed E-state index contributed by atoms with van der Waals surface area (Å²) in [5.41, 5.74) is 1.16. The molecule has 3 aromatic rings. The molecule has 0 saturated carbocycles. The summed E-state index contributed by atoms with van der Waals surface area (Å²) in [4.78, 5) is 27.7. The van der Waals surface area contributed by atoms with E-state index in [-0.39, 0.29) is 15.0 Å².